The number of carbonyl (C=O) groups is 2. The van der Waals surface area contributed by atoms with Crippen LogP contribution in [0.15, 0.2) is 18.2 Å². The standard InChI is InChI=1S/C27H31F12N3O5S/c1-22(2)20(43)41(17-10-11-19(42(45)46)18(16-17)24(30,31)32)21(44)40(22)13-8-6-4-3-5-7-9-14-48(47)15-12-23(28,29)25(33,34)26(35,36)27(37,38)39/h10-11,16H,3-9,12-15H2,1-2H3. The minimum Gasteiger partial charge on any atom is -0.616 e. The highest BCUT2D eigenvalue weighted by molar-refractivity contribution is 7.91. The van der Waals surface area contributed by atoms with Gasteiger partial charge in [-0.05, 0) is 45.2 Å². The van der Waals surface area contributed by atoms with Crippen molar-refractivity contribution in [1.82, 2.24) is 4.90 Å². The molecule has 1 heterocycles. The van der Waals surface area contributed by atoms with Crippen LogP contribution in [0.2, 0.25) is 0 Å². The van der Waals surface area contributed by atoms with Crippen LogP contribution in [0.25, 0.3) is 0 Å². The molecule has 0 aromatic heterocycles. The molecule has 8 nitrogen and oxygen atoms in total. The van der Waals surface area contributed by atoms with E-state index < -0.39 is 92.8 Å². The van der Waals surface area contributed by atoms with E-state index in [9.17, 15) is 76.9 Å². The number of nitro groups is 1. The maximum absolute atomic E-state index is 13.6. The SMILES string of the molecule is CC1(C)C(=O)N(c2ccc([N+](=O)[O-])c(C(F)(F)F)c2)C(=O)N1CCCCCCCCC[S+]([O-])CCC(F)(F)C(F)(F)C(F)(F)C(F)(F)F. The first-order valence-corrected chi connectivity index (χ1v) is 15.8. The highest BCUT2D eigenvalue weighted by Crippen LogP contribution is 2.54. The van der Waals surface area contributed by atoms with Crippen LogP contribution in [0.4, 0.5) is 68.9 Å². The van der Waals surface area contributed by atoms with Crippen molar-refractivity contribution in [3.8, 4) is 0 Å². The molecule has 1 unspecified atom stereocenters. The van der Waals surface area contributed by atoms with E-state index in [0.717, 1.165) is 11.0 Å². The Bertz CT molecular complexity index is 1320. The van der Waals surface area contributed by atoms with Crippen molar-refractivity contribution in [2.45, 2.75) is 101 Å². The second kappa shape index (κ2) is 14.9. The number of nitrogens with zero attached hydrogens (tertiary/aromatic N) is 3. The zero-order chi connectivity index (χ0) is 37.1. The largest absolute Gasteiger partial charge is 0.616 e. The van der Waals surface area contributed by atoms with E-state index in [4.69, 9.17) is 0 Å². The summed E-state index contributed by atoms with van der Waals surface area (Å²) < 4.78 is 168. The Labute approximate surface area is 269 Å². The molecule has 1 saturated heterocycles. The van der Waals surface area contributed by atoms with Crippen LogP contribution in [0.1, 0.15) is 70.8 Å². The number of amides is 3. The normalized spacial score (nSPS) is 17.0. The molecule has 0 radical (unpaired) electrons. The molecule has 0 spiro atoms. The van der Waals surface area contributed by atoms with Crippen LogP contribution < -0.4 is 4.90 Å². The number of benzene rings is 1. The molecule has 21 heteroatoms. The van der Waals surface area contributed by atoms with E-state index in [1.54, 1.807) is 0 Å². The molecule has 1 aromatic rings. The van der Waals surface area contributed by atoms with Gasteiger partial charge in [0.2, 0.25) is 0 Å². The summed E-state index contributed by atoms with van der Waals surface area (Å²) in [7, 11) is 0. The lowest BCUT2D eigenvalue weighted by molar-refractivity contribution is -0.396. The van der Waals surface area contributed by atoms with Crippen molar-refractivity contribution in [2.75, 3.05) is 23.0 Å². The second-order valence-electron chi connectivity index (χ2n) is 11.5. The van der Waals surface area contributed by atoms with Crippen LogP contribution >= 0.6 is 0 Å². The van der Waals surface area contributed by atoms with Crippen molar-refractivity contribution in [1.29, 1.82) is 0 Å². The van der Waals surface area contributed by atoms with Crippen LogP contribution in [-0.2, 0) is 22.1 Å². The average Bonchev–Trinajstić information content (AvgIpc) is 3.12. The van der Waals surface area contributed by atoms with Gasteiger partial charge in [-0.1, -0.05) is 36.9 Å². The molecule has 1 atom stereocenters. The van der Waals surface area contributed by atoms with Crippen LogP contribution in [-0.4, -0.2) is 73.8 Å². The smallest absolute Gasteiger partial charge is 0.460 e. The number of hydrogen-bond acceptors (Lipinski definition) is 5. The fourth-order valence-corrected chi connectivity index (χ4v) is 6.03. The lowest BCUT2D eigenvalue weighted by atomic mass is 10.0. The number of urea groups is 1. The third-order valence-electron chi connectivity index (χ3n) is 7.67. The zero-order valence-corrected chi connectivity index (χ0v) is 26.2. The van der Waals surface area contributed by atoms with E-state index in [1.165, 1.54) is 13.8 Å². The summed E-state index contributed by atoms with van der Waals surface area (Å²) in [6.07, 6.45) is -11.1. The van der Waals surface area contributed by atoms with E-state index >= 15 is 0 Å². The number of rotatable bonds is 17. The Morgan fingerprint density at radius 2 is 1.31 bits per heavy atom. The van der Waals surface area contributed by atoms with E-state index in [0.29, 0.717) is 55.6 Å². The molecule has 1 aliphatic heterocycles. The molecule has 0 saturated carbocycles. The topological polar surface area (TPSA) is 107 Å². The predicted octanol–water partition coefficient (Wildman–Crippen LogP) is 8.50. The Morgan fingerprint density at radius 3 is 1.81 bits per heavy atom. The van der Waals surface area contributed by atoms with Gasteiger partial charge < -0.3 is 9.45 Å². The van der Waals surface area contributed by atoms with Gasteiger partial charge in [0, 0.05) is 12.6 Å². The average molecular weight is 738 g/mol. The molecule has 48 heavy (non-hydrogen) atoms. The molecule has 0 bridgehead atoms. The van der Waals surface area contributed by atoms with E-state index in [1.807, 2.05) is 0 Å². The Hall–Kier alpha value is -2.97. The van der Waals surface area contributed by atoms with Gasteiger partial charge in [-0.2, -0.15) is 52.7 Å². The monoisotopic (exact) mass is 737 g/mol. The molecule has 1 aromatic carbocycles. The molecule has 274 valence electrons. The Balaban J connectivity index is 1.79. The van der Waals surface area contributed by atoms with Crippen molar-refractivity contribution in [3.05, 3.63) is 33.9 Å². The summed E-state index contributed by atoms with van der Waals surface area (Å²) in [6.45, 7) is 2.81. The van der Waals surface area contributed by atoms with Gasteiger partial charge in [-0.3, -0.25) is 14.9 Å². The van der Waals surface area contributed by atoms with Gasteiger partial charge in [0.05, 0.1) is 17.0 Å². The van der Waals surface area contributed by atoms with Crippen molar-refractivity contribution in [2.24, 2.45) is 0 Å². The third-order valence-corrected chi connectivity index (χ3v) is 9.07. The summed E-state index contributed by atoms with van der Waals surface area (Å²) in [6, 6.07) is 0.858. The lowest BCUT2D eigenvalue weighted by Crippen LogP contribution is -2.61. The Kier molecular flexibility index (Phi) is 12.8. The van der Waals surface area contributed by atoms with Gasteiger partial charge >= 0.3 is 36.2 Å². The third kappa shape index (κ3) is 8.78. The van der Waals surface area contributed by atoms with E-state index in [2.05, 4.69) is 0 Å². The predicted molar refractivity (Wildman–Crippen MR) is 147 cm³/mol. The van der Waals surface area contributed by atoms with Crippen molar-refractivity contribution >= 4 is 34.5 Å². The van der Waals surface area contributed by atoms with Gasteiger partial charge in [0.25, 0.3) is 11.6 Å². The number of carbonyl (C=O) groups excluding carboxylic acids is 2. The number of hydrogen-bond donors (Lipinski definition) is 0. The van der Waals surface area contributed by atoms with Crippen LogP contribution in [0, 0.1) is 10.1 Å². The number of anilines is 1. The molecular formula is C27H31F12N3O5S. The minimum absolute atomic E-state index is 0.0325. The fraction of sp³-hybridized carbons (Fsp3) is 0.704. The minimum atomic E-state index is -7.00. The van der Waals surface area contributed by atoms with Gasteiger partial charge in [-0.15, -0.1) is 0 Å². The number of alkyl halides is 12. The number of imide groups is 1. The molecule has 2 rings (SSSR count). The summed E-state index contributed by atoms with van der Waals surface area (Å²) in [5.74, 6) is -21.9. The number of nitro benzene ring substituents is 1. The van der Waals surface area contributed by atoms with Crippen LogP contribution in [0.5, 0.6) is 0 Å². The van der Waals surface area contributed by atoms with E-state index in [-0.39, 0.29) is 18.7 Å². The highest BCUT2D eigenvalue weighted by atomic mass is 32.2. The Morgan fingerprint density at radius 1 is 0.792 bits per heavy atom. The summed E-state index contributed by atoms with van der Waals surface area (Å²) in [5.41, 5.74) is -4.83. The summed E-state index contributed by atoms with van der Waals surface area (Å²) >= 11 is -2.20. The van der Waals surface area contributed by atoms with Crippen molar-refractivity contribution in [3.63, 3.8) is 0 Å². The maximum Gasteiger partial charge on any atom is 0.460 e. The summed E-state index contributed by atoms with van der Waals surface area (Å²) in [5, 5.41) is 11.0. The fourth-order valence-electron chi connectivity index (χ4n) is 4.81. The van der Waals surface area contributed by atoms with Gasteiger partial charge in [0.15, 0.2) is 0 Å². The van der Waals surface area contributed by atoms with Gasteiger partial charge in [0.1, 0.15) is 22.6 Å². The molecular weight excluding hydrogens is 706 g/mol. The molecule has 0 aliphatic carbocycles. The van der Waals surface area contributed by atoms with Gasteiger partial charge in [-0.25, -0.2) is 9.69 Å². The number of unbranched alkanes of at least 4 members (excludes halogenated alkanes) is 6. The first-order chi connectivity index (χ1) is 21.7. The quantitative estimate of drug-likeness (QED) is 0.0398. The second-order valence-corrected chi connectivity index (χ2v) is 13.2. The van der Waals surface area contributed by atoms with Crippen LogP contribution in [0.3, 0.4) is 0 Å². The summed E-state index contributed by atoms with van der Waals surface area (Å²) in [4.78, 5) is 37.6. The lowest BCUT2D eigenvalue weighted by Gasteiger charge is -2.33. The molecule has 1 fully saturated rings. The number of halogens is 12. The zero-order valence-electron chi connectivity index (χ0n) is 25.3. The first-order valence-electron chi connectivity index (χ1n) is 14.3. The highest BCUT2D eigenvalue weighted by Gasteiger charge is 2.81. The van der Waals surface area contributed by atoms with Crippen molar-refractivity contribution < 1.29 is 71.8 Å². The molecule has 3 amide bonds. The molecule has 0 N–H and O–H groups in total. The maximum atomic E-state index is 13.6. The first kappa shape index (κ1) is 41.2. The molecule has 1 aliphatic rings.